The molecule has 0 bridgehead atoms. The van der Waals surface area contributed by atoms with Gasteiger partial charge < -0.3 is 27.0 Å². The van der Waals surface area contributed by atoms with Crippen molar-refractivity contribution in [1.29, 1.82) is 10.8 Å². The molecule has 2 rings (SSSR count). The van der Waals surface area contributed by atoms with Crippen molar-refractivity contribution in [2.24, 2.45) is 16.6 Å². The Balaban J connectivity index is 1.52. The molecule has 174 valence electrons. The maximum atomic E-state index is 8.11. The van der Waals surface area contributed by atoms with E-state index in [0.717, 1.165) is 77.1 Å². The van der Waals surface area contributed by atoms with Crippen LogP contribution >= 0.6 is 0 Å². The topological polar surface area (TPSA) is 134 Å². The molecule has 0 aromatic carbocycles. The minimum absolute atomic E-state index is 0.0561. The van der Waals surface area contributed by atoms with Crippen molar-refractivity contribution >= 4 is 17.8 Å². The highest BCUT2D eigenvalue weighted by Gasteiger charge is 2.13. The molecular formula is C23H42N8. The van der Waals surface area contributed by atoms with Crippen LogP contribution in [0, 0.1) is 16.7 Å². The van der Waals surface area contributed by atoms with Crippen molar-refractivity contribution in [3.05, 3.63) is 23.8 Å². The van der Waals surface area contributed by atoms with Crippen molar-refractivity contribution in [1.82, 2.24) is 21.3 Å². The molecule has 0 radical (unpaired) electrons. The van der Waals surface area contributed by atoms with Gasteiger partial charge in [0.2, 0.25) is 0 Å². The van der Waals surface area contributed by atoms with Gasteiger partial charge in [0.05, 0.1) is 0 Å². The van der Waals surface area contributed by atoms with Gasteiger partial charge in [-0.2, -0.15) is 0 Å². The van der Waals surface area contributed by atoms with E-state index in [2.05, 4.69) is 44.5 Å². The SMILES string of the molecule is N=C(N)NCCCCCCCCNC(=N)NCC1/C=C\CC/C(C2=NCCCN2)=C\C1. The van der Waals surface area contributed by atoms with Gasteiger partial charge in [0.1, 0.15) is 5.84 Å². The molecule has 8 N–H and O–H groups in total. The van der Waals surface area contributed by atoms with E-state index in [-0.39, 0.29) is 5.96 Å². The summed E-state index contributed by atoms with van der Waals surface area (Å²) in [6.45, 7) is 4.37. The second kappa shape index (κ2) is 15.3. The molecule has 1 unspecified atom stereocenters. The largest absolute Gasteiger partial charge is 0.370 e. The minimum Gasteiger partial charge on any atom is -0.370 e. The third-order valence-corrected chi connectivity index (χ3v) is 5.62. The number of nitrogens with one attached hydrogen (secondary N) is 6. The Kier molecular flexibility index (Phi) is 12.2. The molecule has 1 heterocycles. The monoisotopic (exact) mass is 430 g/mol. The first-order chi connectivity index (χ1) is 15.1. The van der Waals surface area contributed by atoms with E-state index in [4.69, 9.17) is 16.6 Å². The molecule has 0 aromatic rings. The van der Waals surface area contributed by atoms with Gasteiger partial charge in [0, 0.05) is 32.7 Å². The molecule has 8 nitrogen and oxygen atoms in total. The van der Waals surface area contributed by atoms with E-state index in [1.165, 1.54) is 31.3 Å². The number of amidine groups is 1. The molecule has 2 aliphatic rings. The van der Waals surface area contributed by atoms with E-state index in [9.17, 15) is 0 Å². The van der Waals surface area contributed by atoms with Crippen LogP contribution < -0.4 is 27.0 Å². The summed E-state index contributed by atoms with van der Waals surface area (Å²) in [5.41, 5.74) is 6.60. The molecule has 1 aliphatic heterocycles. The molecule has 0 fully saturated rings. The molecule has 0 aromatic heterocycles. The number of nitrogens with two attached hydrogens (primary N) is 1. The minimum atomic E-state index is 0.0561. The van der Waals surface area contributed by atoms with Crippen LogP contribution in [0.1, 0.15) is 64.2 Å². The third kappa shape index (κ3) is 11.5. The Morgan fingerprint density at radius 1 is 1.06 bits per heavy atom. The van der Waals surface area contributed by atoms with E-state index < -0.39 is 0 Å². The first kappa shape index (κ1) is 24.8. The Morgan fingerprint density at radius 2 is 1.81 bits per heavy atom. The third-order valence-electron chi connectivity index (χ3n) is 5.62. The summed E-state index contributed by atoms with van der Waals surface area (Å²) in [6.07, 6.45) is 18.0. The summed E-state index contributed by atoms with van der Waals surface area (Å²) in [7, 11) is 0. The predicted molar refractivity (Wildman–Crippen MR) is 131 cm³/mol. The van der Waals surface area contributed by atoms with Crippen LogP contribution in [0.5, 0.6) is 0 Å². The van der Waals surface area contributed by atoms with Crippen molar-refractivity contribution < 1.29 is 0 Å². The summed E-state index contributed by atoms with van der Waals surface area (Å²) < 4.78 is 0. The van der Waals surface area contributed by atoms with Gasteiger partial charge >= 0.3 is 0 Å². The van der Waals surface area contributed by atoms with Crippen LogP contribution in [-0.2, 0) is 0 Å². The van der Waals surface area contributed by atoms with Crippen LogP contribution in [-0.4, -0.2) is 50.5 Å². The van der Waals surface area contributed by atoms with Gasteiger partial charge in [-0.1, -0.05) is 43.9 Å². The quantitative estimate of drug-likeness (QED) is 0.111. The van der Waals surface area contributed by atoms with Gasteiger partial charge in [-0.15, -0.1) is 0 Å². The van der Waals surface area contributed by atoms with E-state index in [1.54, 1.807) is 0 Å². The van der Waals surface area contributed by atoms with Gasteiger partial charge in [-0.25, -0.2) is 0 Å². The van der Waals surface area contributed by atoms with Crippen LogP contribution in [0.25, 0.3) is 0 Å². The lowest BCUT2D eigenvalue weighted by Gasteiger charge is -2.20. The van der Waals surface area contributed by atoms with E-state index >= 15 is 0 Å². The van der Waals surface area contributed by atoms with Crippen LogP contribution in [0.2, 0.25) is 0 Å². The van der Waals surface area contributed by atoms with Crippen molar-refractivity contribution in [3.8, 4) is 0 Å². The fourth-order valence-electron chi connectivity index (χ4n) is 3.81. The average molecular weight is 431 g/mol. The summed E-state index contributed by atoms with van der Waals surface area (Å²) in [5, 5.41) is 27.9. The number of guanidine groups is 2. The number of allylic oxidation sites excluding steroid dienone is 2. The molecule has 1 aliphatic carbocycles. The maximum absolute atomic E-state index is 8.11. The standard InChI is InChI=1S/C23H42N8/c24-22(25)29-14-7-3-1-2-4-8-15-30-23(26)31-18-19-10-5-6-11-20(13-12-19)21-27-16-9-17-28-21/h5,10,13,19H,1-4,6-9,11-12,14-18H2,(H,27,28)(H4,24,25,29)(H3,26,30,31)/b10-5-,20-13+. The van der Waals surface area contributed by atoms with Gasteiger partial charge in [-0.05, 0) is 50.0 Å². The molecule has 0 saturated heterocycles. The first-order valence-corrected chi connectivity index (χ1v) is 11.9. The number of unbranched alkanes of at least 4 members (excludes halogenated alkanes) is 5. The van der Waals surface area contributed by atoms with Gasteiger partial charge in [-0.3, -0.25) is 15.8 Å². The Labute approximate surface area is 187 Å². The summed E-state index contributed by atoms with van der Waals surface area (Å²) in [4.78, 5) is 4.64. The molecule has 0 saturated carbocycles. The molecule has 0 spiro atoms. The lowest BCUT2D eigenvalue weighted by Crippen LogP contribution is -2.39. The fourth-order valence-corrected chi connectivity index (χ4v) is 3.81. The molecule has 0 amide bonds. The van der Waals surface area contributed by atoms with Crippen molar-refractivity contribution in [2.75, 3.05) is 32.7 Å². The van der Waals surface area contributed by atoms with Gasteiger partial charge in [0.25, 0.3) is 0 Å². The lowest BCUT2D eigenvalue weighted by atomic mass is 9.96. The van der Waals surface area contributed by atoms with Gasteiger partial charge in [0.15, 0.2) is 11.9 Å². The number of nitrogens with zero attached hydrogens (tertiary/aromatic N) is 1. The Bertz CT molecular complexity index is 637. The number of hydrogen-bond acceptors (Lipinski definition) is 4. The van der Waals surface area contributed by atoms with Crippen molar-refractivity contribution in [3.63, 3.8) is 0 Å². The fraction of sp³-hybridized carbons (Fsp3) is 0.696. The second-order valence-corrected chi connectivity index (χ2v) is 8.35. The van der Waals surface area contributed by atoms with E-state index in [1.807, 2.05) is 0 Å². The Morgan fingerprint density at radius 3 is 2.52 bits per heavy atom. The summed E-state index contributed by atoms with van der Waals surface area (Å²) >= 11 is 0. The molecule has 31 heavy (non-hydrogen) atoms. The highest BCUT2D eigenvalue weighted by atomic mass is 15.1. The number of rotatable bonds is 12. The van der Waals surface area contributed by atoms with Crippen molar-refractivity contribution in [2.45, 2.75) is 64.2 Å². The van der Waals surface area contributed by atoms with E-state index in [0.29, 0.717) is 11.9 Å². The number of hydrogen-bond donors (Lipinski definition) is 7. The summed E-state index contributed by atoms with van der Waals surface area (Å²) in [6, 6.07) is 0. The smallest absolute Gasteiger partial charge is 0.188 e. The van der Waals surface area contributed by atoms with Crippen LogP contribution in [0.4, 0.5) is 0 Å². The highest BCUT2D eigenvalue weighted by molar-refractivity contribution is 5.98. The molecule has 8 heteroatoms. The van der Waals surface area contributed by atoms with Crippen LogP contribution in [0.3, 0.4) is 0 Å². The highest BCUT2D eigenvalue weighted by Crippen LogP contribution is 2.18. The zero-order valence-electron chi connectivity index (χ0n) is 18.9. The predicted octanol–water partition coefficient (Wildman–Crippen LogP) is 2.60. The second-order valence-electron chi connectivity index (χ2n) is 8.35. The van der Waals surface area contributed by atoms with Crippen LogP contribution in [0.15, 0.2) is 28.8 Å². The molecule has 1 atom stereocenters. The normalized spacial score (nSPS) is 21.4. The lowest BCUT2D eigenvalue weighted by molar-refractivity contribution is 0.579. The Hall–Kier alpha value is -2.51. The molecular weight excluding hydrogens is 388 g/mol. The summed E-state index contributed by atoms with van der Waals surface area (Å²) in [5.74, 6) is 1.98. The zero-order valence-corrected chi connectivity index (χ0v) is 18.9. The maximum Gasteiger partial charge on any atom is 0.188 e. The first-order valence-electron chi connectivity index (χ1n) is 11.9. The number of aliphatic imine (C=N–C) groups is 1. The average Bonchev–Trinajstić information content (AvgIpc) is 2.75. The zero-order chi connectivity index (χ0) is 22.2.